The first-order valence-electron chi connectivity index (χ1n) is 11.6. The molecule has 2 heterocycles. The molecular weight excluding hydrogens is 446 g/mol. The van der Waals surface area contributed by atoms with Crippen LogP contribution in [0, 0.1) is 0 Å². The molecule has 1 aliphatic heterocycles. The molecule has 5 N–H and O–H groups in total. The molecule has 0 bridgehead atoms. The van der Waals surface area contributed by atoms with Crippen molar-refractivity contribution in [1.82, 2.24) is 20.5 Å². The lowest BCUT2D eigenvalue weighted by atomic mass is 10.0. The van der Waals surface area contributed by atoms with Gasteiger partial charge in [-0.2, -0.15) is 0 Å². The van der Waals surface area contributed by atoms with Gasteiger partial charge in [0.25, 0.3) is 0 Å². The van der Waals surface area contributed by atoms with Crippen molar-refractivity contribution in [1.29, 1.82) is 0 Å². The molecule has 0 radical (unpaired) electrons. The first-order valence-corrected chi connectivity index (χ1v) is 11.6. The van der Waals surface area contributed by atoms with Crippen LogP contribution < -0.4 is 16.4 Å². The molecule has 1 aliphatic rings. The maximum absolute atomic E-state index is 13.4. The van der Waals surface area contributed by atoms with Crippen LogP contribution in [0.3, 0.4) is 0 Å². The first-order chi connectivity index (χ1) is 16.9. The second-order valence-electron chi connectivity index (χ2n) is 8.68. The highest BCUT2D eigenvalue weighted by Crippen LogP contribution is 2.22. The van der Waals surface area contributed by atoms with Crippen LogP contribution in [0.4, 0.5) is 5.82 Å². The van der Waals surface area contributed by atoms with Gasteiger partial charge in [0.15, 0.2) is 0 Å². The summed E-state index contributed by atoms with van der Waals surface area (Å²) in [5.41, 5.74) is 7.74. The molecule has 2 amide bonds. The number of anilines is 1. The fourth-order valence-electron chi connectivity index (χ4n) is 4.48. The van der Waals surface area contributed by atoms with Crippen molar-refractivity contribution < 1.29 is 19.5 Å². The van der Waals surface area contributed by atoms with Crippen LogP contribution in [0.15, 0.2) is 60.8 Å². The summed E-state index contributed by atoms with van der Waals surface area (Å²) < 4.78 is 0. The normalized spacial score (nSPS) is 16.2. The molecule has 0 saturated carbocycles. The number of aliphatic carboxylic acids is 1. The minimum Gasteiger partial charge on any atom is -0.480 e. The molecule has 2 unspecified atom stereocenters. The average Bonchev–Trinajstić information content (AvgIpc) is 3.35. The van der Waals surface area contributed by atoms with E-state index in [-0.39, 0.29) is 18.4 Å². The van der Waals surface area contributed by atoms with Crippen molar-refractivity contribution >= 4 is 34.4 Å². The fourth-order valence-corrected chi connectivity index (χ4v) is 4.48. The van der Waals surface area contributed by atoms with Crippen LogP contribution in [0.25, 0.3) is 10.8 Å². The number of benzene rings is 2. The summed E-state index contributed by atoms with van der Waals surface area (Å²) in [4.78, 5) is 43.2. The SMILES string of the molecule is Nc1nccc2cc(CNC(=O)C3CCCN3C(=O)C(Cc3ccccc3)NCC(=O)O)ccc12. The molecule has 1 fully saturated rings. The Morgan fingerprint density at radius 2 is 1.91 bits per heavy atom. The van der Waals surface area contributed by atoms with E-state index in [0.717, 1.165) is 21.9 Å². The van der Waals surface area contributed by atoms with Gasteiger partial charge >= 0.3 is 5.97 Å². The minimum atomic E-state index is -1.04. The number of likely N-dealkylation sites (tertiary alicyclic amines) is 1. The highest BCUT2D eigenvalue weighted by Gasteiger charge is 2.37. The van der Waals surface area contributed by atoms with Gasteiger partial charge in [-0.05, 0) is 47.9 Å². The molecule has 1 saturated heterocycles. The number of nitrogens with zero attached hydrogens (tertiary/aromatic N) is 2. The van der Waals surface area contributed by atoms with Crippen molar-refractivity contribution in [2.24, 2.45) is 0 Å². The first kappa shape index (κ1) is 24.2. The number of nitrogens with one attached hydrogen (secondary N) is 2. The van der Waals surface area contributed by atoms with E-state index in [2.05, 4.69) is 15.6 Å². The van der Waals surface area contributed by atoms with Gasteiger partial charge in [-0.3, -0.25) is 19.7 Å². The molecule has 0 spiro atoms. The Morgan fingerprint density at radius 1 is 1.11 bits per heavy atom. The Balaban J connectivity index is 1.42. The number of carboxylic acid groups (broad SMARTS) is 1. The highest BCUT2D eigenvalue weighted by atomic mass is 16.4. The van der Waals surface area contributed by atoms with E-state index in [1.807, 2.05) is 54.6 Å². The van der Waals surface area contributed by atoms with Gasteiger partial charge in [0, 0.05) is 24.7 Å². The molecule has 9 heteroatoms. The van der Waals surface area contributed by atoms with Crippen LogP contribution in [0.2, 0.25) is 0 Å². The number of fused-ring (bicyclic) bond motifs is 1. The molecule has 4 rings (SSSR count). The molecule has 182 valence electrons. The fraction of sp³-hybridized carbons (Fsp3) is 0.308. The smallest absolute Gasteiger partial charge is 0.317 e. The number of nitrogens with two attached hydrogens (primary N) is 1. The van der Waals surface area contributed by atoms with E-state index in [1.54, 1.807) is 11.1 Å². The largest absolute Gasteiger partial charge is 0.480 e. The summed E-state index contributed by atoms with van der Waals surface area (Å²) in [5.74, 6) is -1.07. The predicted molar refractivity (Wildman–Crippen MR) is 132 cm³/mol. The number of carboxylic acids is 1. The van der Waals surface area contributed by atoms with E-state index < -0.39 is 18.1 Å². The van der Waals surface area contributed by atoms with Crippen LogP contribution in [0.1, 0.15) is 24.0 Å². The summed E-state index contributed by atoms with van der Waals surface area (Å²) in [6, 6.07) is 15.7. The van der Waals surface area contributed by atoms with Crippen LogP contribution >= 0.6 is 0 Å². The van der Waals surface area contributed by atoms with Gasteiger partial charge < -0.3 is 21.1 Å². The van der Waals surface area contributed by atoms with Gasteiger partial charge in [0.2, 0.25) is 11.8 Å². The Morgan fingerprint density at radius 3 is 2.69 bits per heavy atom. The lowest BCUT2D eigenvalue weighted by Gasteiger charge is -2.28. The second kappa shape index (κ2) is 11.0. The summed E-state index contributed by atoms with van der Waals surface area (Å²) in [7, 11) is 0. The van der Waals surface area contributed by atoms with E-state index in [4.69, 9.17) is 10.8 Å². The van der Waals surface area contributed by atoms with Gasteiger partial charge in [0.1, 0.15) is 11.9 Å². The molecule has 9 nitrogen and oxygen atoms in total. The van der Waals surface area contributed by atoms with Crippen molar-refractivity contribution in [3.8, 4) is 0 Å². The van der Waals surface area contributed by atoms with Crippen molar-refractivity contribution in [3.63, 3.8) is 0 Å². The number of hydrogen-bond acceptors (Lipinski definition) is 6. The Hall–Kier alpha value is -3.98. The van der Waals surface area contributed by atoms with Crippen LogP contribution in [-0.2, 0) is 27.3 Å². The number of pyridine rings is 1. The molecule has 2 atom stereocenters. The highest BCUT2D eigenvalue weighted by molar-refractivity contribution is 5.92. The van der Waals surface area contributed by atoms with Crippen LogP contribution in [0.5, 0.6) is 0 Å². The van der Waals surface area contributed by atoms with Gasteiger partial charge in [-0.15, -0.1) is 0 Å². The predicted octanol–water partition coefficient (Wildman–Crippen LogP) is 1.71. The number of aromatic nitrogens is 1. The minimum absolute atomic E-state index is 0.220. The van der Waals surface area contributed by atoms with Gasteiger partial charge in [-0.25, -0.2) is 4.98 Å². The number of rotatable bonds is 9. The topological polar surface area (TPSA) is 138 Å². The van der Waals surface area contributed by atoms with Crippen molar-refractivity contribution in [3.05, 3.63) is 71.9 Å². The third kappa shape index (κ3) is 5.93. The zero-order valence-electron chi connectivity index (χ0n) is 19.3. The number of carbonyl (C=O) groups is 3. The lowest BCUT2D eigenvalue weighted by molar-refractivity contribution is -0.141. The number of nitrogen functional groups attached to an aromatic ring is 1. The Labute approximate surface area is 203 Å². The van der Waals surface area contributed by atoms with Gasteiger partial charge in [0.05, 0.1) is 12.6 Å². The van der Waals surface area contributed by atoms with E-state index in [0.29, 0.717) is 38.2 Å². The number of hydrogen-bond donors (Lipinski definition) is 4. The quantitative estimate of drug-likeness (QED) is 0.370. The molecule has 3 aromatic rings. The van der Waals surface area contributed by atoms with Gasteiger partial charge in [-0.1, -0.05) is 42.5 Å². The maximum atomic E-state index is 13.4. The number of amides is 2. The number of carbonyl (C=O) groups excluding carboxylic acids is 2. The third-order valence-electron chi connectivity index (χ3n) is 6.25. The van der Waals surface area contributed by atoms with E-state index in [9.17, 15) is 14.4 Å². The Kier molecular flexibility index (Phi) is 7.57. The Bertz CT molecular complexity index is 1220. The molecule has 35 heavy (non-hydrogen) atoms. The van der Waals surface area contributed by atoms with Crippen LogP contribution in [-0.4, -0.2) is 57.9 Å². The summed E-state index contributed by atoms with van der Waals surface area (Å²) >= 11 is 0. The van der Waals surface area contributed by atoms with Crippen molar-refractivity contribution in [2.75, 3.05) is 18.8 Å². The molecule has 2 aromatic carbocycles. The molecular formula is C26H29N5O4. The van der Waals surface area contributed by atoms with E-state index in [1.165, 1.54) is 0 Å². The third-order valence-corrected chi connectivity index (χ3v) is 6.25. The summed E-state index contributed by atoms with van der Waals surface area (Å²) in [6.45, 7) is 0.440. The molecule has 1 aromatic heterocycles. The summed E-state index contributed by atoms with van der Waals surface area (Å²) in [5, 5.41) is 16.7. The maximum Gasteiger partial charge on any atom is 0.317 e. The molecule has 0 aliphatic carbocycles. The van der Waals surface area contributed by atoms with Crippen molar-refractivity contribution in [2.45, 2.75) is 37.9 Å². The zero-order valence-corrected chi connectivity index (χ0v) is 19.3. The van der Waals surface area contributed by atoms with E-state index >= 15 is 0 Å². The summed E-state index contributed by atoms with van der Waals surface area (Å²) in [6.07, 6.45) is 3.26. The lowest BCUT2D eigenvalue weighted by Crippen LogP contribution is -2.53. The monoisotopic (exact) mass is 475 g/mol. The zero-order chi connectivity index (χ0) is 24.8. The average molecular weight is 476 g/mol. The second-order valence-corrected chi connectivity index (χ2v) is 8.68. The standard InChI is InChI=1S/C26H29N5O4/c27-24-20-9-8-18(13-19(20)10-11-28-24)15-30-25(34)22-7-4-12-31(22)26(35)21(29-16-23(32)33)14-17-5-2-1-3-6-17/h1-3,5-6,8-11,13,21-22,29H,4,7,12,14-16H2,(H2,27,28)(H,30,34)(H,32,33).